The van der Waals surface area contributed by atoms with Gasteiger partial charge in [-0.3, -0.25) is 0 Å². The zero-order chi connectivity index (χ0) is 22.7. The van der Waals surface area contributed by atoms with E-state index in [2.05, 4.69) is 10.3 Å². The van der Waals surface area contributed by atoms with Crippen molar-refractivity contribution < 1.29 is 23.0 Å². The first kappa shape index (κ1) is 21.2. The van der Waals surface area contributed by atoms with Gasteiger partial charge in [0.2, 0.25) is 0 Å². The van der Waals surface area contributed by atoms with Gasteiger partial charge in [0.15, 0.2) is 0 Å². The average molecular weight is 434 g/mol. The lowest BCUT2D eigenvalue weighted by atomic mass is 10.1. The van der Waals surface area contributed by atoms with Crippen molar-refractivity contribution >= 4 is 22.6 Å². The first-order valence-electron chi connectivity index (χ1n) is 9.91. The van der Waals surface area contributed by atoms with Crippen molar-refractivity contribution in [2.75, 3.05) is 12.4 Å². The average Bonchev–Trinajstić information content (AvgIpc) is 2.78. The Kier molecular flexibility index (Phi) is 5.98. The van der Waals surface area contributed by atoms with Crippen LogP contribution in [0.1, 0.15) is 28.9 Å². The number of methoxy groups -OCH3 is 1. The molecular weight excluding hydrogens is 414 g/mol. The molecule has 3 aromatic carbocycles. The van der Waals surface area contributed by atoms with E-state index in [1.165, 1.54) is 7.11 Å². The van der Waals surface area contributed by atoms with Crippen LogP contribution >= 0.6 is 0 Å². The molecular formula is C25H20F2N2O3. The van der Waals surface area contributed by atoms with Crippen molar-refractivity contribution in [2.24, 2.45) is 0 Å². The Morgan fingerprint density at radius 2 is 1.72 bits per heavy atom. The van der Waals surface area contributed by atoms with Crippen LogP contribution < -0.4 is 10.1 Å². The molecule has 0 amide bonds. The van der Waals surface area contributed by atoms with Gasteiger partial charge in [-0.05, 0) is 42.1 Å². The van der Waals surface area contributed by atoms with Gasteiger partial charge in [0.05, 0.1) is 18.1 Å². The van der Waals surface area contributed by atoms with Crippen LogP contribution in [0.4, 0.5) is 14.6 Å². The lowest BCUT2D eigenvalue weighted by Crippen LogP contribution is -2.09. The number of carbonyl (C=O) groups excluding carboxylic acids is 1. The van der Waals surface area contributed by atoms with Gasteiger partial charge in [-0.25, -0.2) is 18.6 Å². The molecule has 0 spiro atoms. The fourth-order valence-electron chi connectivity index (χ4n) is 3.42. The normalized spacial score (nSPS) is 11.8. The maximum atomic E-state index is 13.6. The van der Waals surface area contributed by atoms with E-state index in [4.69, 9.17) is 9.47 Å². The van der Waals surface area contributed by atoms with Crippen molar-refractivity contribution in [2.45, 2.75) is 13.0 Å². The molecule has 1 atom stereocenters. The van der Waals surface area contributed by atoms with E-state index < -0.39 is 17.6 Å². The van der Waals surface area contributed by atoms with Crippen molar-refractivity contribution in [3.63, 3.8) is 0 Å². The number of ether oxygens (including phenoxy) is 2. The molecule has 1 heterocycles. The van der Waals surface area contributed by atoms with Crippen LogP contribution in [0, 0.1) is 11.6 Å². The van der Waals surface area contributed by atoms with Crippen molar-refractivity contribution in [3.8, 4) is 11.5 Å². The largest absolute Gasteiger partial charge is 0.465 e. The molecule has 5 nitrogen and oxygen atoms in total. The maximum absolute atomic E-state index is 13.6. The smallest absolute Gasteiger partial charge is 0.337 e. The monoisotopic (exact) mass is 434 g/mol. The molecule has 0 aliphatic rings. The number of anilines is 1. The molecule has 0 fully saturated rings. The molecule has 4 rings (SSSR count). The number of pyridine rings is 1. The zero-order valence-electron chi connectivity index (χ0n) is 17.4. The summed E-state index contributed by atoms with van der Waals surface area (Å²) in [6, 6.07) is 17.2. The van der Waals surface area contributed by atoms with Gasteiger partial charge in [0.25, 0.3) is 0 Å². The molecule has 0 radical (unpaired) electrons. The Balaban J connectivity index is 1.66. The summed E-state index contributed by atoms with van der Waals surface area (Å²) in [6.45, 7) is 1.96. The summed E-state index contributed by atoms with van der Waals surface area (Å²) in [5.74, 6) is -0.822. The van der Waals surface area contributed by atoms with Gasteiger partial charge >= 0.3 is 5.97 Å². The standard InChI is InChI=1S/C25H20F2N2O3/c1-15(16-6-8-18(9-7-16)25(30)31-2)29-24-23-17(10-11-28-24)4-3-5-22(23)32-21-13-19(26)12-20(27)14-21/h3-15H,1-2H3,(H,28,29)/t15-/m0/s1. The van der Waals surface area contributed by atoms with E-state index >= 15 is 0 Å². The van der Waals surface area contributed by atoms with Gasteiger partial charge in [-0.15, -0.1) is 0 Å². The van der Waals surface area contributed by atoms with E-state index in [0.717, 1.165) is 29.1 Å². The number of nitrogens with one attached hydrogen (secondary N) is 1. The van der Waals surface area contributed by atoms with E-state index in [1.54, 1.807) is 30.5 Å². The third-order valence-corrected chi connectivity index (χ3v) is 5.00. The zero-order valence-corrected chi connectivity index (χ0v) is 17.4. The highest BCUT2D eigenvalue weighted by Gasteiger charge is 2.14. The molecule has 162 valence electrons. The summed E-state index contributed by atoms with van der Waals surface area (Å²) in [5.41, 5.74) is 1.40. The molecule has 0 saturated carbocycles. The van der Waals surface area contributed by atoms with Gasteiger partial charge in [-0.2, -0.15) is 0 Å². The number of hydrogen-bond donors (Lipinski definition) is 1. The number of hydrogen-bond acceptors (Lipinski definition) is 5. The van der Waals surface area contributed by atoms with Gasteiger partial charge in [0, 0.05) is 30.4 Å². The number of fused-ring (bicyclic) bond motifs is 1. The molecule has 4 aromatic rings. The van der Waals surface area contributed by atoms with Gasteiger partial charge in [-0.1, -0.05) is 24.3 Å². The van der Waals surface area contributed by atoms with Crippen LogP contribution in [0.5, 0.6) is 11.5 Å². The highest BCUT2D eigenvalue weighted by Crippen LogP contribution is 2.35. The van der Waals surface area contributed by atoms with Crippen LogP contribution in [0.25, 0.3) is 10.8 Å². The van der Waals surface area contributed by atoms with Crippen LogP contribution in [0.3, 0.4) is 0 Å². The predicted octanol–water partition coefficient (Wildman–Crippen LogP) is 6.27. The lowest BCUT2D eigenvalue weighted by Gasteiger charge is -2.18. The van der Waals surface area contributed by atoms with E-state index in [1.807, 2.05) is 31.2 Å². The maximum Gasteiger partial charge on any atom is 0.337 e. The quantitative estimate of drug-likeness (QED) is 0.363. The Hall–Kier alpha value is -4.00. The molecule has 0 aliphatic carbocycles. The molecule has 1 aromatic heterocycles. The predicted molar refractivity (Wildman–Crippen MR) is 118 cm³/mol. The van der Waals surface area contributed by atoms with Crippen molar-refractivity contribution in [1.82, 2.24) is 4.98 Å². The topological polar surface area (TPSA) is 60.5 Å². The molecule has 0 bridgehead atoms. The van der Waals surface area contributed by atoms with Gasteiger partial charge < -0.3 is 14.8 Å². The Morgan fingerprint density at radius 1 is 1.00 bits per heavy atom. The second kappa shape index (κ2) is 9.01. The number of carbonyl (C=O) groups is 1. The Morgan fingerprint density at radius 3 is 2.41 bits per heavy atom. The van der Waals surface area contributed by atoms with Crippen LogP contribution in [-0.4, -0.2) is 18.1 Å². The second-order valence-corrected chi connectivity index (χ2v) is 7.20. The van der Waals surface area contributed by atoms with E-state index in [0.29, 0.717) is 22.5 Å². The first-order valence-corrected chi connectivity index (χ1v) is 9.91. The number of rotatable bonds is 6. The molecule has 7 heteroatoms. The Bertz CT molecular complexity index is 1250. The molecule has 0 aliphatic heterocycles. The molecule has 1 N–H and O–H groups in total. The van der Waals surface area contributed by atoms with Crippen LogP contribution in [-0.2, 0) is 4.74 Å². The third-order valence-electron chi connectivity index (χ3n) is 5.00. The molecule has 32 heavy (non-hydrogen) atoms. The summed E-state index contributed by atoms with van der Waals surface area (Å²) >= 11 is 0. The van der Waals surface area contributed by atoms with E-state index in [9.17, 15) is 13.6 Å². The Labute approximate surface area is 183 Å². The lowest BCUT2D eigenvalue weighted by molar-refractivity contribution is 0.0600. The first-order chi connectivity index (χ1) is 15.4. The fourth-order valence-corrected chi connectivity index (χ4v) is 3.42. The summed E-state index contributed by atoms with van der Waals surface area (Å²) in [4.78, 5) is 16.1. The number of aromatic nitrogens is 1. The minimum Gasteiger partial charge on any atom is -0.465 e. The van der Waals surface area contributed by atoms with Crippen LogP contribution in [0.2, 0.25) is 0 Å². The summed E-state index contributed by atoms with van der Waals surface area (Å²) in [6.07, 6.45) is 1.67. The highest BCUT2D eigenvalue weighted by molar-refractivity contribution is 5.97. The number of benzene rings is 3. The van der Waals surface area contributed by atoms with Gasteiger partial charge in [0.1, 0.15) is 29.0 Å². The minimum absolute atomic E-state index is 0.0521. The molecule has 0 saturated heterocycles. The van der Waals surface area contributed by atoms with Crippen LogP contribution in [0.15, 0.2) is 72.9 Å². The van der Waals surface area contributed by atoms with E-state index in [-0.39, 0.29) is 11.8 Å². The third kappa shape index (κ3) is 4.51. The number of nitrogens with zero attached hydrogens (tertiary/aromatic N) is 1. The number of esters is 1. The summed E-state index contributed by atoms with van der Waals surface area (Å²) in [7, 11) is 1.34. The molecule has 0 unspecified atom stereocenters. The number of halogens is 2. The van der Waals surface area contributed by atoms with Crippen molar-refractivity contribution in [3.05, 3.63) is 95.7 Å². The highest BCUT2D eigenvalue weighted by atomic mass is 19.1. The van der Waals surface area contributed by atoms with Crippen molar-refractivity contribution in [1.29, 1.82) is 0 Å². The minimum atomic E-state index is -0.722. The summed E-state index contributed by atoms with van der Waals surface area (Å²) < 4.78 is 37.8. The SMILES string of the molecule is COC(=O)c1ccc([C@H](C)Nc2nccc3cccc(Oc4cc(F)cc(F)c4)c23)cc1. The second-order valence-electron chi connectivity index (χ2n) is 7.20. The summed E-state index contributed by atoms with van der Waals surface area (Å²) in [5, 5.41) is 4.89. The fraction of sp³-hybridized carbons (Fsp3) is 0.120.